The summed E-state index contributed by atoms with van der Waals surface area (Å²) in [4.78, 5) is 10.0. The number of nitrogens with zero attached hydrogens (tertiary/aromatic N) is 5. The molecule has 0 spiro atoms. The molecule has 0 aromatic heterocycles. The molecule has 0 bridgehead atoms. The first kappa shape index (κ1) is 14.1. The van der Waals surface area contributed by atoms with Gasteiger partial charge in [0.1, 0.15) is 0 Å². The molecule has 0 aromatic rings. The average molecular weight is 186 g/mol. The van der Waals surface area contributed by atoms with Crippen LogP contribution in [0.5, 0.6) is 0 Å². The van der Waals surface area contributed by atoms with Crippen LogP contribution in [0.4, 0.5) is 0 Å². The molecule has 0 aliphatic carbocycles. The van der Waals surface area contributed by atoms with Gasteiger partial charge in [-0.25, -0.2) is 0 Å². The van der Waals surface area contributed by atoms with Crippen LogP contribution in [0.3, 0.4) is 0 Å². The summed E-state index contributed by atoms with van der Waals surface area (Å²) in [6.45, 7) is 2.87. The standard InChI is InChI=1S/C7H17N3.HN3/c1-6-8-7(9(2)3)10(4)5;1-3-2/h6H2,1-5H3;1H. The molecule has 0 heterocycles. The highest BCUT2D eigenvalue weighted by Gasteiger charge is 2.00. The second-order valence-electron chi connectivity index (χ2n) is 2.66. The first-order valence-corrected chi connectivity index (χ1v) is 3.91. The lowest BCUT2D eigenvalue weighted by Crippen LogP contribution is -2.35. The molecule has 0 fully saturated rings. The summed E-state index contributed by atoms with van der Waals surface area (Å²) in [6.07, 6.45) is 0. The molecule has 0 amide bonds. The maximum absolute atomic E-state index is 6.86. The molecule has 0 aliphatic rings. The Morgan fingerprint density at radius 2 is 1.62 bits per heavy atom. The van der Waals surface area contributed by atoms with Crippen LogP contribution >= 0.6 is 0 Å². The Balaban J connectivity index is 0. The lowest BCUT2D eigenvalue weighted by Gasteiger charge is -2.22. The molecule has 0 aliphatic heterocycles. The van der Waals surface area contributed by atoms with Crippen molar-refractivity contribution >= 4 is 5.96 Å². The van der Waals surface area contributed by atoms with E-state index in [2.05, 4.69) is 4.99 Å². The van der Waals surface area contributed by atoms with Crippen LogP contribution in [-0.2, 0) is 0 Å². The molecule has 0 unspecified atom stereocenters. The van der Waals surface area contributed by atoms with Gasteiger partial charge in [-0.15, -0.1) is 5.53 Å². The van der Waals surface area contributed by atoms with E-state index in [4.69, 9.17) is 11.1 Å². The molecule has 0 rings (SSSR count). The fourth-order valence-electron chi connectivity index (χ4n) is 0.824. The van der Waals surface area contributed by atoms with E-state index in [1.54, 1.807) is 4.91 Å². The smallest absolute Gasteiger partial charge is 0.195 e. The highest BCUT2D eigenvalue weighted by Crippen LogP contribution is 1.87. The van der Waals surface area contributed by atoms with Crippen molar-refractivity contribution in [3.05, 3.63) is 10.4 Å². The Labute approximate surface area is 79.3 Å². The fourth-order valence-corrected chi connectivity index (χ4v) is 0.824. The number of aliphatic imine (C=N–C) groups is 1. The summed E-state index contributed by atoms with van der Waals surface area (Å²) < 4.78 is 0. The van der Waals surface area contributed by atoms with Crippen molar-refractivity contribution in [2.75, 3.05) is 34.7 Å². The Bertz CT molecular complexity index is 167. The lowest BCUT2D eigenvalue weighted by molar-refractivity contribution is 0.480. The molecule has 0 radical (unpaired) electrons. The van der Waals surface area contributed by atoms with Crippen molar-refractivity contribution in [2.24, 2.45) is 4.99 Å². The number of hydrogen-bond donors (Lipinski definition) is 1. The number of rotatable bonds is 1. The quantitative estimate of drug-likeness (QED) is 0.220. The van der Waals surface area contributed by atoms with Gasteiger partial charge in [-0.2, -0.15) is 0 Å². The normalized spacial score (nSPS) is 7.46. The molecule has 0 atom stereocenters. The molecule has 0 aromatic carbocycles. The van der Waals surface area contributed by atoms with Crippen LogP contribution in [-0.4, -0.2) is 50.5 Å². The highest BCUT2D eigenvalue weighted by atomic mass is 15.3. The van der Waals surface area contributed by atoms with Gasteiger partial charge in [0.2, 0.25) is 0 Å². The van der Waals surface area contributed by atoms with E-state index >= 15 is 0 Å². The molecule has 76 valence electrons. The lowest BCUT2D eigenvalue weighted by atomic mass is 10.7. The zero-order valence-electron chi connectivity index (χ0n) is 8.94. The van der Waals surface area contributed by atoms with Crippen LogP contribution in [0.25, 0.3) is 10.4 Å². The van der Waals surface area contributed by atoms with Crippen molar-refractivity contribution in [3.8, 4) is 0 Å². The third-order valence-corrected chi connectivity index (χ3v) is 1.10. The minimum atomic E-state index is 0.839. The first-order valence-electron chi connectivity index (χ1n) is 3.91. The van der Waals surface area contributed by atoms with Crippen LogP contribution in [0.1, 0.15) is 6.92 Å². The summed E-state index contributed by atoms with van der Waals surface area (Å²) >= 11 is 0. The monoisotopic (exact) mass is 186 g/mol. The molecular formula is C7H18N6. The molecule has 6 nitrogen and oxygen atoms in total. The Morgan fingerprint density at radius 1 is 1.31 bits per heavy atom. The van der Waals surface area contributed by atoms with Crippen molar-refractivity contribution < 1.29 is 0 Å². The Morgan fingerprint density at radius 3 is 1.69 bits per heavy atom. The van der Waals surface area contributed by atoms with Crippen molar-refractivity contribution in [2.45, 2.75) is 6.92 Å². The molecule has 1 N–H and O–H groups in total. The maximum atomic E-state index is 6.86. The van der Waals surface area contributed by atoms with Crippen LogP contribution in [0.15, 0.2) is 4.99 Å². The predicted molar refractivity (Wildman–Crippen MR) is 54.8 cm³/mol. The topological polar surface area (TPSA) is 79.1 Å². The van der Waals surface area contributed by atoms with Gasteiger partial charge in [0.15, 0.2) is 5.96 Å². The minimum Gasteiger partial charge on any atom is -0.349 e. The Kier molecular flexibility index (Phi) is 9.42. The van der Waals surface area contributed by atoms with E-state index in [0.717, 1.165) is 12.5 Å². The van der Waals surface area contributed by atoms with Crippen LogP contribution in [0, 0.1) is 5.53 Å². The molecule has 6 heteroatoms. The molecule has 0 saturated carbocycles. The Hall–Kier alpha value is -1.42. The number of hydrogen-bond acceptors (Lipinski definition) is 2. The summed E-state index contributed by atoms with van der Waals surface area (Å²) in [5.41, 5.74) is 12.2. The third-order valence-electron chi connectivity index (χ3n) is 1.10. The molecule has 0 saturated heterocycles. The second kappa shape index (κ2) is 8.67. The predicted octanol–water partition coefficient (Wildman–Crippen LogP) is 1.36. The second-order valence-corrected chi connectivity index (χ2v) is 2.66. The van der Waals surface area contributed by atoms with Crippen LogP contribution < -0.4 is 0 Å². The van der Waals surface area contributed by atoms with Crippen molar-refractivity contribution in [1.82, 2.24) is 9.80 Å². The largest absolute Gasteiger partial charge is 0.349 e. The average Bonchev–Trinajstić information content (AvgIpc) is 2.00. The van der Waals surface area contributed by atoms with Gasteiger partial charge in [0, 0.05) is 34.7 Å². The number of nitrogens with one attached hydrogen (secondary N) is 1. The van der Waals surface area contributed by atoms with Gasteiger partial charge < -0.3 is 9.80 Å². The van der Waals surface area contributed by atoms with E-state index in [1.807, 2.05) is 44.9 Å². The maximum Gasteiger partial charge on any atom is 0.195 e. The minimum absolute atomic E-state index is 0.839. The summed E-state index contributed by atoms with van der Waals surface area (Å²) in [6, 6.07) is 0. The number of guanidine groups is 1. The zero-order valence-corrected chi connectivity index (χ0v) is 8.94. The third kappa shape index (κ3) is 8.49. The van der Waals surface area contributed by atoms with Crippen molar-refractivity contribution in [1.29, 1.82) is 5.53 Å². The van der Waals surface area contributed by atoms with E-state index in [9.17, 15) is 0 Å². The molecule has 13 heavy (non-hydrogen) atoms. The summed E-state index contributed by atoms with van der Waals surface area (Å²) in [5.74, 6) is 1.02. The van der Waals surface area contributed by atoms with E-state index in [-0.39, 0.29) is 0 Å². The summed E-state index contributed by atoms with van der Waals surface area (Å²) in [7, 11) is 7.98. The van der Waals surface area contributed by atoms with Gasteiger partial charge in [-0.05, 0) is 17.4 Å². The van der Waals surface area contributed by atoms with E-state index in [0.29, 0.717) is 0 Å². The zero-order chi connectivity index (χ0) is 10.9. The van der Waals surface area contributed by atoms with Gasteiger partial charge in [0.05, 0.1) is 0 Å². The molecular weight excluding hydrogens is 168 g/mol. The fraction of sp³-hybridized carbons (Fsp3) is 0.857. The first-order chi connectivity index (χ1) is 6.01. The van der Waals surface area contributed by atoms with E-state index in [1.165, 1.54) is 0 Å². The highest BCUT2D eigenvalue weighted by molar-refractivity contribution is 5.79. The van der Waals surface area contributed by atoms with Gasteiger partial charge >= 0.3 is 0 Å². The van der Waals surface area contributed by atoms with E-state index < -0.39 is 0 Å². The van der Waals surface area contributed by atoms with Crippen molar-refractivity contribution in [3.63, 3.8) is 0 Å². The van der Waals surface area contributed by atoms with Crippen LogP contribution in [0.2, 0.25) is 0 Å². The van der Waals surface area contributed by atoms with Gasteiger partial charge in [-0.3, -0.25) is 4.99 Å². The van der Waals surface area contributed by atoms with Gasteiger partial charge in [-0.1, -0.05) is 0 Å². The SMILES string of the molecule is CCN=C(N(C)C)N(C)C.[N-]=[N+]=N. The summed E-state index contributed by atoms with van der Waals surface area (Å²) in [5, 5.41) is 0. The van der Waals surface area contributed by atoms with Gasteiger partial charge in [0.25, 0.3) is 0 Å².